The predicted molar refractivity (Wildman–Crippen MR) is 48.9 cm³/mol. The Hall–Kier alpha value is -0.170. The summed E-state index contributed by atoms with van der Waals surface area (Å²) >= 11 is 0. The molecule has 0 aliphatic heterocycles. The molecule has 0 aliphatic carbocycles. The topological polar surface area (TPSA) is 75.4 Å². The highest BCUT2D eigenvalue weighted by Gasteiger charge is 2.18. The zero-order valence-electron chi connectivity index (χ0n) is 7.74. The van der Waals surface area contributed by atoms with Crippen molar-refractivity contribution in [3.63, 3.8) is 0 Å². The molecule has 0 bridgehead atoms. The summed E-state index contributed by atoms with van der Waals surface area (Å²) in [6.07, 6.45) is 0. The van der Waals surface area contributed by atoms with Crippen LogP contribution in [0.4, 0.5) is 0 Å². The molecule has 0 aromatic rings. The van der Waals surface area contributed by atoms with Crippen LogP contribution in [-0.2, 0) is 10.2 Å². The zero-order chi connectivity index (χ0) is 9.78. The number of nitrogens with zero attached hydrogens (tertiary/aromatic N) is 1. The van der Waals surface area contributed by atoms with Crippen molar-refractivity contribution >= 4 is 10.2 Å². The van der Waals surface area contributed by atoms with E-state index in [2.05, 4.69) is 4.72 Å². The van der Waals surface area contributed by atoms with Crippen molar-refractivity contribution in [2.75, 3.05) is 20.1 Å². The fourth-order valence-electron chi connectivity index (χ4n) is 0.567. The summed E-state index contributed by atoms with van der Waals surface area (Å²) < 4.78 is 26.2. The van der Waals surface area contributed by atoms with Gasteiger partial charge in [0.2, 0.25) is 0 Å². The minimum Gasteiger partial charge on any atom is -0.329 e. The third-order valence-electron chi connectivity index (χ3n) is 1.54. The van der Waals surface area contributed by atoms with Gasteiger partial charge in [0.05, 0.1) is 0 Å². The Morgan fingerprint density at radius 2 is 2.00 bits per heavy atom. The van der Waals surface area contributed by atoms with Crippen molar-refractivity contribution in [1.29, 1.82) is 0 Å². The molecular formula is C6H17N3O2S. The predicted octanol–water partition coefficient (Wildman–Crippen LogP) is -0.880. The fourth-order valence-corrected chi connectivity index (χ4v) is 1.70. The maximum Gasteiger partial charge on any atom is 0.279 e. The van der Waals surface area contributed by atoms with Crippen molar-refractivity contribution in [2.45, 2.75) is 19.9 Å². The van der Waals surface area contributed by atoms with Gasteiger partial charge in [0, 0.05) is 26.2 Å². The lowest BCUT2D eigenvalue weighted by atomic mass is 10.4. The monoisotopic (exact) mass is 195 g/mol. The van der Waals surface area contributed by atoms with E-state index < -0.39 is 10.2 Å². The largest absolute Gasteiger partial charge is 0.329 e. The van der Waals surface area contributed by atoms with E-state index in [1.807, 2.05) is 13.8 Å². The van der Waals surface area contributed by atoms with Crippen LogP contribution in [0.3, 0.4) is 0 Å². The summed E-state index contributed by atoms with van der Waals surface area (Å²) in [5.41, 5.74) is 5.17. The molecule has 0 amide bonds. The molecular weight excluding hydrogens is 178 g/mol. The molecule has 0 aromatic carbocycles. The third kappa shape index (κ3) is 3.48. The molecule has 0 radical (unpaired) electrons. The lowest BCUT2D eigenvalue weighted by Crippen LogP contribution is -2.43. The van der Waals surface area contributed by atoms with Gasteiger partial charge in [0.1, 0.15) is 0 Å². The number of nitrogens with two attached hydrogens (primary N) is 1. The first-order chi connectivity index (χ1) is 5.41. The van der Waals surface area contributed by atoms with Crippen LogP contribution in [0.25, 0.3) is 0 Å². The molecule has 0 aliphatic rings. The summed E-state index contributed by atoms with van der Waals surface area (Å²) in [7, 11) is -1.79. The van der Waals surface area contributed by atoms with Crippen LogP contribution >= 0.6 is 0 Å². The zero-order valence-corrected chi connectivity index (χ0v) is 8.56. The first-order valence-electron chi connectivity index (χ1n) is 3.84. The highest BCUT2D eigenvalue weighted by Crippen LogP contribution is 1.99. The Balaban J connectivity index is 4.21. The second kappa shape index (κ2) is 4.76. The minimum absolute atomic E-state index is 0.0414. The van der Waals surface area contributed by atoms with Crippen LogP contribution in [0.2, 0.25) is 0 Å². The second-order valence-electron chi connectivity index (χ2n) is 2.80. The standard InChI is InChI=1S/C6H17N3O2S/c1-6(2)9(3)12(10,11)8-5-4-7/h6,8H,4-5,7H2,1-3H3. The summed E-state index contributed by atoms with van der Waals surface area (Å²) in [5, 5.41) is 0. The molecule has 0 saturated heterocycles. The Kier molecular flexibility index (Phi) is 4.69. The molecule has 0 spiro atoms. The van der Waals surface area contributed by atoms with Gasteiger partial charge >= 0.3 is 0 Å². The molecule has 0 heterocycles. The molecule has 0 rings (SSSR count). The van der Waals surface area contributed by atoms with Crippen LogP contribution in [0.15, 0.2) is 0 Å². The summed E-state index contributed by atoms with van der Waals surface area (Å²) in [6, 6.07) is -0.0414. The third-order valence-corrected chi connectivity index (χ3v) is 3.28. The molecule has 0 fully saturated rings. The maximum atomic E-state index is 11.3. The number of rotatable bonds is 5. The van der Waals surface area contributed by atoms with Crippen molar-refractivity contribution < 1.29 is 8.42 Å². The average molecular weight is 195 g/mol. The van der Waals surface area contributed by atoms with Crippen molar-refractivity contribution in [2.24, 2.45) is 5.73 Å². The fraction of sp³-hybridized carbons (Fsp3) is 1.00. The van der Waals surface area contributed by atoms with E-state index in [1.165, 1.54) is 11.4 Å². The molecule has 74 valence electrons. The molecule has 5 nitrogen and oxygen atoms in total. The van der Waals surface area contributed by atoms with Gasteiger partial charge in [-0.05, 0) is 13.8 Å². The van der Waals surface area contributed by atoms with E-state index in [0.717, 1.165) is 0 Å². The van der Waals surface area contributed by atoms with E-state index in [1.54, 1.807) is 0 Å². The first-order valence-corrected chi connectivity index (χ1v) is 5.28. The maximum absolute atomic E-state index is 11.3. The average Bonchev–Trinajstić information content (AvgIpc) is 1.99. The number of hydrogen-bond donors (Lipinski definition) is 2. The van der Waals surface area contributed by atoms with E-state index in [4.69, 9.17) is 5.73 Å². The van der Waals surface area contributed by atoms with Gasteiger partial charge in [-0.2, -0.15) is 12.7 Å². The van der Waals surface area contributed by atoms with Gasteiger partial charge in [-0.1, -0.05) is 0 Å². The van der Waals surface area contributed by atoms with Gasteiger partial charge in [-0.3, -0.25) is 0 Å². The van der Waals surface area contributed by atoms with E-state index in [9.17, 15) is 8.42 Å². The van der Waals surface area contributed by atoms with Crippen LogP contribution in [0.5, 0.6) is 0 Å². The molecule has 0 saturated carbocycles. The van der Waals surface area contributed by atoms with Gasteiger partial charge in [0.25, 0.3) is 10.2 Å². The minimum atomic E-state index is -3.32. The second-order valence-corrected chi connectivity index (χ2v) is 4.61. The summed E-state index contributed by atoms with van der Waals surface area (Å²) in [5.74, 6) is 0. The number of nitrogens with one attached hydrogen (secondary N) is 1. The van der Waals surface area contributed by atoms with E-state index in [0.29, 0.717) is 6.54 Å². The summed E-state index contributed by atoms with van der Waals surface area (Å²) in [6.45, 7) is 4.20. The Labute approximate surface area is 74.1 Å². The number of hydrogen-bond acceptors (Lipinski definition) is 3. The van der Waals surface area contributed by atoms with Crippen molar-refractivity contribution in [1.82, 2.24) is 9.03 Å². The lowest BCUT2D eigenvalue weighted by Gasteiger charge is -2.20. The van der Waals surface area contributed by atoms with E-state index in [-0.39, 0.29) is 12.6 Å². The quantitative estimate of drug-likeness (QED) is 0.598. The Bertz CT molecular complexity index is 213. The van der Waals surface area contributed by atoms with Gasteiger partial charge < -0.3 is 5.73 Å². The normalized spacial score (nSPS) is 12.8. The van der Waals surface area contributed by atoms with Crippen molar-refractivity contribution in [3.05, 3.63) is 0 Å². The van der Waals surface area contributed by atoms with Crippen LogP contribution < -0.4 is 10.5 Å². The van der Waals surface area contributed by atoms with E-state index >= 15 is 0 Å². The van der Waals surface area contributed by atoms with Crippen molar-refractivity contribution in [3.8, 4) is 0 Å². The van der Waals surface area contributed by atoms with Gasteiger partial charge in [-0.25, -0.2) is 4.72 Å². The molecule has 12 heavy (non-hydrogen) atoms. The van der Waals surface area contributed by atoms with Crippen LogP contribution in [-0.4, -0.2) is 38.9 Å². The molecule has 3 N–H and O–H groups in total. The van der Waals surface area contributed by atoms with Crippen LogP contribution in [0.1, 0.15) is 13.8 Å². The molecule has 0 unspecified atom stereocenters. The molecule has 6 heteroatoms. The Morgan fingerprint density at radius 1 is 1.50 bits per heavy atom. The van der Waals surface area contributed by atoms with Gasteiger partial charge in [0.15, 0.2) is 0 Å². The molecule has 0 aromatic heterocycles. The Morgan fingerprint density at radius 3 is 2.33 bits per heavy atom. The first kappa shape index (κ1) is 11.8. The lowest BCUT2D eigenvalue weighted by molar-refractivity contribution is 0.403. The smallest absolute Gasteiger partial charge is 0.279 e. The molecule has 0 atom stereocenters. The SMILES string of the molecule is CC(C)N(C)S(=O)(=O)NCCN. The highest BCUT2D eigenvalue weighted by atomic mass is 32.2. The van der Waals surface area contributed by atoms with Gasteiger partial charge in [-0.15, -0.1) is 0 Å². The highest BCUT2D eigenvalue weighted by molar-refractivity contribution is 7.87. The summed E-state index contributed by atoms with van der Waals surface area (Å²) in [4.78, 5) is 0. The van der Waals surface area contributed by atoms with Crippen LogP contribution in [0, 0.1) is 0 Å².